The van der Waals surface area contributed by atoms with Crippen LogP contribution in [0.1, 0.15) is 24.8 Å². The molecule has 0 saturated carbocycles. The van der Waals surface area contributed by atoms with Crippen LogP contribution in [0.15, 0.2) is 24.3 Å². The van der Waals surface area contributed by atoms with Crippen LogP contribution in [0.3, 0.4) is 0 Å². The van der Waals surface area contributed by atoms with E-state index in [-0.39, 0.29) is 12.0 Å². The lowest BCUT2D eigenvalue weighted by molar-refractivity contribution is -0.116. The summed E-state index contributed by atoms with van der Waals surface area (Å²) in [6.07, 6.45) is 1.99. The zero-order chi connectivity index (χ0) is 15.2. The fourth-order valence-electron chi connectivity index (χ4n) is 2.47. The highest BCUT2D eigenvalue weighted by Gasteiger charge is 2.18. The van der Waals surface area contributed by atoms with Crippen molar-refractivity contribution in [1.29, 1.82) is 0 Å². The fourth-order valence-corrected chi connectivity index (χ4v) is 2.59. The molecular weight excluding hydrogens is 286 g/mol. The van der Waals surface area contributed by atoms with Crippen LogP contribution in [0.2, 0.25) is 0 Å². The van der Waals surface area contributed by atoms with Crippen molar-refractivity contribution >= 4 is 28.8 Å². The summed E-state index contributed by atoms with van der Waals surface area (Å²) in [5.41, 5.74) is 7.01. The van der Waals surface area contributed by atoms with Crippen molar-refractivity contribution in [2.24, 2.45) is 5.73 Å². The summed E-state index contributed by atoms with van der Waals surface area (Å²) in [6.45, 7) is 2.27. The van der Waals surface area contributed by atoms with Crippen molar-refractivity contribution < 1.29 is 9.90 Å². The van der Waals surface area contributed by atoms with Crippen LogP contribution in [0, 0.1) is 0 Å². The molecule has 2 rings (SSSR count). The van der Waals surface area contributed by atoms with E-state index in [0.717, 1.165) is 24.9 Å². The van der Waals surface area contributed by atoms with Gasteiger partial charge in [-0.05, 0) is 31.5 Å². The molecule has 0 radical (unpaired) electrons. The minimum Gasteiger partial charge on any atom is -0.392 e. The highest BCUT2D eigenvalue weighted by molar-refractivity contribution is 7.80. The second-order valence-electron chi connectivity index (χ2n) is 5.34. The number of hydrogen-bond acceptors (Lipinski definition) is 4. The van der Waals surface area contributed by atoms with Crippen LogP contribution in [0.4, 0.5) is 5.69 Å². The van der Waals surface area contributed by atoms with E-state index in [1.54, 1.807) is 6.07 Å². The van der Waals surface area contributed by atoms with Gasteiger partial charge in [0, 0.05) is 30.8 Å². The SMILES string of the molecule is NC(=S)c1cccc(NC(=O)CCN2CCCC(O)C2)c1. The number of carbonyl (C=O) groups is 1. The maximum atomic E-state index is 12.0. The number of likely N-dealkylation sites (tertiary alicyclic amines) is 1. The molecule has 1 aromatic rings. The maximum absolute atomic E-state index is 12.0. The summed E-state index contributed by atoms with van der Waals surface area (Å²) in [4.78, 5) is 14.4. The molecule has 1 atom stereocenters. The van der Waals surface area contributed by atoms with Gasteiger partial charge in [-0.3, -0.25) is 4.79 Å². The number of β-amino-alcohol motifs (C(OH)–C–C–N with tert-alkyl or cyclic N) is 1. The number of thiocarbonyl (C=S) groups is 1. The molecule has 5 nitrogen and oxygen atoms in total. The Labute approximate surface area is 130 Å². The number of amides is 1. The molecule has 1 aliphatic rings. The van der Waals surface area contributed by atoms with Gasteiger partial charge in [-0.2, -0.15) is 0 Å². The van der Waals surface area contributed by atoms with E-state index in [0.29, 0.717) is 30.2 Å². The number of aliphatic hydroxyl groups excluding tert-OH is 1. The van der Waals surface area contributed by atoms with Gasteiger partial charge in [0.2, 0.25) is 5.91 Å². The summed E-state index contributed by atoms with van der Waals surface area (Å²) in [6, 6.07) is 7.20. The molecule has 0 aromatic heterocycles. The smallest absolute Gasteiger partial charge is 0.225 e. The molecule has 6 heteroatoms. The highest BCUT2D eigenvalue weighted by atomic mass is 32.1. The average molecular weight is 307 g/mol. The van der Waals surface area contributed by atoms with E-state index in [1.165, 1.54) is 0 Å². The van der Waals surface area contributed by atoms with Crippen LogP contribution in [0.5, 0.6) is 0 Å². The molecule has 1 fully saturated rings. The summed E-state index contributed by atoms with van der Waals surface area (Å²) >= 11 is 4.92. The van der Waals surface area contributed by atoms with E-state index < -0.39 is 0 Å². The maximum Gasteiger partial charge on any atom is 0.225 e. The highest BCUT2D eigenvalue weighted by Crippen LogP contribution is 2.12. The number of nitrogens with zero attached hydrogens (tertiary/aromatic N) is 1. The summed E-state index contributed by atoms with van der Waals surface area (Å²) in [5, 5.41) is 12.4. The molecule has 1 aromatic carbocycles. The van der Waals surface area contributed by atoms with Gasteiger partial charge in [0.15, 0.2) is 0 Å². The molecule has 1 heterocycles. The lowest BCUT2D eigenvalue weighted by atomic mass is 10.1. The Kier molecular flexibility index (Phi) is 5.67. The Morgan fingerprint density at radius 3 is 3.05 bits per heavy atom. The van der Waals surface area contributed by atoms with Crippen molar-refractivity contribution in [3.63, 3.8) is 0 Å². The number of carbonyl (C=O) groups excluding carboxylic acids is 1. The predicted octanol–water partition coefficient (Wildman–Crippen LogP) is 1.11. The topological polar surface area (TPSA) is 78.6 Å². The first-order valence-corrected chi connectivity index (χ1v) is 7.55. The average Bonchev–Trinajstić information content (AvgIpc) is 2.45. The van der Waals surface area contributed by atoms with Crippen LogP contribution in [0.25, 0.3) is 0 Å². The Balaban J connectivity index is 1.81. The molecule has 0 spiro atoms. The Bertz CT molecular complexity index is 521. The first-order chi connectivity index (χ1) is 10.0. The second-order valence-corrected chi connectivity index (χ2v) is 5.78. The van der Waals surface area contributed by atoms with Crippen LogP contribution in [-0.2, 0) is 4.79 Å². The number of hydrogen-bond donors (Lipinski definition) is 3. The van der Waals surface area contributed by atoms with Crippen molar-refractivity contribution in [2.45, 2.75) is 25.4 Å². The van der Waals surface area contributed by atoms with Gasteiger partial charge < -0.3 is 21.1 Å². The molecule has 114 valence electrons. The van der Waals surface area contributed by atoms with Crippen LogP contribution < -0.4 is 11.1 Å². The van der Waals surface area contributed by atoms with Crippen LogP contribution in [-0.4, -0.2) is 46.6 Å². The molecule has 0 bridgehead atoms. The first kappa shape index (κ1) is 15.9. The van der Waals surface area contributed by atoms with Gasteiger partial charge in [0.25, 0.3) is 0 Å². The second kappa shape index (κ2) is 7.49. The molecule has 1 aliphatic heterocycles. The zero-order valence-electron chi connectivity index (χ0n) is 11.9. The normalized spacial score (nSPS) is 19.2. The Hall–Kier alpha value is -1.50. The number of anilines is 1. The third kappa shape index (κ3) is 5.08. The quantitative estimate of drug-likeness (QED) is 0.710. The fraction of sp³-hybridized carbons (Fsp3) is 0.467. The van der Waals surface area contributed by atoms with Crippen LogP contribution >= 0.6 is 12.2 Å². The number of nitrogens with two attached hydrogens (primary N) is 1. The molecule has 4 N–H and O–H groups in total. The predicted molar refractivity (Wildman–Crippen MR) is 87.3 cm³/mol. The summed E-state index contributed by atoms with van der Waals surface area (Å²) in [5.74, 6) is -0.0462. The molecular formula is C15H21N3O2S. The molecule has 21 heavy (non-hydrogen) atoms. The third-order valence-electron chi connectivity index (χ3n) is 3.57. The molecule has 0 aliphatic carbocycles. The number of rotatable bonds is 5. The third-order valence-corrected chi connectivity index (χ3v) is 3.80. The monoisotopic (exact) mass is 307 g/mol. The number of piperidine rings is 1. The minimum absolute atomic E-state index is 0.0462. The van der Waals surface area contributed by atoms with Gasteiger partial charge >= 0.3 is 0 Å². The number of nitrogens with one attached hydrogen (secondary N) is 1. The van der Waals surface area contributed by atoms with E-state index in [4.69, 9.17) is 18.0 Å². The minimum atomic E-state index is -0.260. The molecule has 1 amide bonds. The van der Waals surface area contributed by atoms with E-state index in [1.807, 2.05) is 18.2 Å². The number of benzene rings is 1. The summed E-state index contributed by atoms with van der Waals surface area (Å²) in [7, 11) is 0. The standard InChI is InChI=1S/C15H21N3O2S/c16-15(21)11-3-1-4-12(9-11)17-14(20)6-8-18-7-2-5-13(19)10-18/h1,3-4,9,13,19H,2,5-8,10H2,(H2,16,21)(H,17,20). The molecule has 1 saturated heterocycles. The van der Waals surface area contributed by atoms with E-state index in [2.05, 4.69) is 10.2 Å². The summed E-state index contributed by atoms with van der Waals surface area (Å²) < 4.78 is 0. The van der Waals surface area contributed by atoms with Gasteiger partial charge in [0.1, 0.15) is 4.99 Å². The van der Waals surface area contributed by atoms with Crippen molar-refractivity contribution in [3.05, 3.63) is 29.8 Å². The largest absolute Gasteiger partial charge is 0.392 e. The Morgan fingerprint density at radius 1 is 1.52 bits per heavy atom. The van der Waals surface area contributed by atoms with Gasteiger partial charge in [-0.15, -0.1) is 0 Å². The Morgan fingerprint density at radius 2 is 2.33 bits per heavy atom. The van der Waals surface area contributed by atoms with Crippen molar-refractivity contribution in [1.82, 2.24) is 4.90 Å². The lowest BCUT2D eigenvalue weighted by Crippen LogP contribution is -2.39. The van der Waals surface area contributed by atoms with Gasteiger partial charge in [-0.25, -0.2) is 0 Å². The van der Waals surface area contributed by atoms with E-state index in [9.17, 15) is 9.90 Å². The zero-order valence-corrected chi connectivity index (χ0v) is 12.7. The van der Waals surface area contributed by atoms with Gasteiger partial charge in [-0.1, -0.05) is 24.4 Å². The van der Waals surface area contributed by atoms with Gasteiger partial charge in [0.05, 0.1) is 6.10 Å². The first-order valence-electron chi connectivity index (χ1n) is 7.15. The van der Waals surface area contributed by atoms with E-state index >= 15 is 0 Å². The molecule has 1 unspecified atom stereocenters. The van der Waals surface area contributed by atoms with Crippen molar-refractivity contribution in [3.8, 4) is 0 Å². The van der Waals surface area contributed by atoms with Crippen molar-refractivity contribution in [2.75, 3.05) is 25.0 Å². The lowest BCUT2D eigenvalue weighted by Gasteiger charge is -2.29. The number of aliphatic hydroxyl groups is 1.